The maximum absolute atomic E-state index is 12.6. The van der Waals surface area contributed by atoms with Crippen LogP contribution in [0.5, 0.6) is 0 Å². The summed E-state index contributed by atoms with van der Waals surface area (Å²) in [4.78, 5) is 0. The van der Waals surface area contributed by atoms with Gasteiger partial charge in [-0.05, 0) is 42.9 Å². The van der Waals surface area contributed by atoms with Crippen LogP contribution in [0.25, 0.3) is 0 Å². The lowest BCUT2D eigenvalue weighted by atomic mass is 9.79. The molecule has 0 aromatic heterocycles. The van der Waals surface area contributed by atoms with Crippen LogP contribution >= 0.6 is 0 Å². The number of halogens is 1. The van der Waals surface area contributed by atoms with E-state index in [9.17, 15) is 9.50 Å². The van der Waals surface area contributed by atoms with Crippen LogP contribution in [0.15, 0.2) is 24.3 Å². The predicted molar refractivity (Wildman–Crippen MR) is 53.5 cm³/mol. The van der Waals surface area contributed by atoms with Gasteiger partial charge >= 0.3 is 0 Å². The van der Waals surface area contributed by atoms with Gasteiger partial charge in [0.25, 0.3) is 0 Å². The molecule has 76 valence electrons. The molecule has 1 aromatic carbocycles. The topological polar surface area (TPSA) is 20.2 Å². The van der Waals surface area contributed by atoms with Crippen molar-refractivity contribution in [3.05, 3.63) is 35.6 Å². The molecule has 1 unspecified atom stereocenters. The third-order valence-electron chi connectivity index (χ3n) is 3.05. The molecule has 14 heavy (non-hydrogen) atoms. The Kier molecular flexibility index (Phi) is 2.82. The summed E-state index contributed by atoms with van der Waals surface area (Å²) in [5.74, 6) is 0.256. The monoisotopic (exact) mass is 194 g/mol. The Labute approximate surface area is 83.6 Å². The van der Waals surface area contributed by atoms with Gasteiger partial charge < -0.3 is 5.11 Å². The molecule has 1 aromatic rings. The average molecular weight is 194 g/mol. The van der Waals surface area contributed by atoms with Crippen LogP contribution in [0.2, 0.25) is 0 Å². The second kappa shape index (κ2) is 4.09. The second-order valence-corrected chi connectivity index (χ2v) is 4.09. The zero-order valence-electron chi connectivity index (χ0n) is 8.12. The zero-order valence-corrected chi connectivity index (χ0v) is 8.12. The van der Waals surface area contributed by atoms with Crippen LogP contribution in [0.4, 0.5) is 4.39 Å². The lowest BCUT2D eigenvalue weighted by Crippen LogP contribution is -2.28. The molecule has 1 saturated carbocycles. The molecule has 1 fully saturated rings. The molecule has 2 heteroatoms. The predicted octanol–water partition coefficient (Wildman–Crippen LogP) is 2.53. The number of benzene rings is 1. The van der Waals surface area contributed by atoms with Gasteiger partial charge in [-0.2, -0.15) is 0 Å². The molecule has 1 atom stereocenters. The van der Waals surface area contributed by atoms with Gasteiger partial charge in [-0.1, -0.05) is 18.6 Å². The van der Waals surface area contributed by atoms with E-state index in [1.165, 1.54) is 18.6 Å². The van der Waals surface area contributed by atoms with E-state index in [1.54, 1.807) is 12.1 Å². The van der Waals surface area contributed by atoms with Gasteiger partial charge in [0, 0.05) is 0 Å². The van der Waals surface area contributed by atoms with Crippen molar-refractivity contribution in [3.63, 3.8) is 0 Å². The molecule has 0 amide bonds. The third kappa shape index (κ3) is 2.13. The number of hydrogen-bond acceptors (Lipinski definition) is 1. The minimum absolute atomic E-state index is 0.216. The largest absolute Gasteiger partial charge is 0.392 e. The fourth-order valence-electron chi connectivity index (χ4n) is 1.85. The first-order valence-corrected chi connectivity index (χ1v) is 5.18. The molecule has 2 rings (SSSR count). The smallest absolute Gasteiger partial charge is 0.123 e. The Hall–Kier alpha value is -0.890. The fourth-order valence-corrected chi connectivity index (χ4v) is 1.85. The first-order chi connectivity index (χ1) is 6.75. The van der Waals surface area contributed by atoms with Crippen molar-refractivity contribution in [2.45, 2.75) is 31.8 Å². The number of rotatable bonds is 3. The zero-order chi connectivity index (χ0) is 9.97. The summed E-state index contributed by atoms with van der Waals surface area (Å²) in [5.41, 5.74) is 1.02. The lowest BCUT2D eigenvalue weighted by Gasteiger charge is -2.30. The third-order valence-corrected chi connectivity index (χ3v) is 3.05. The van der Waals surface area contributed by atoms with E-state index in [-0.39, 0.29) is 11.9 Å². The standard InChI is InChI=1S/C12H15FO/c13-11-6-4-9(5-7-11)8-12(14)10-2-1-3-10/h4-7,10,12,14H,1-3,8H2. The van der Waals surface area contributed by atoms with Crippen LogP contribution < -0.4 is 0 Å². The molecular formula is C12H15FO. The van der Waals surface area contributed by atoms with Gasteiger partial charge in [-0.15, -0.1) is 0 Å². The summed E-state index contributed by atoms with van der Waals surface area (Å²) < 4.78 is 12.6. The van der Waals surface area contributed by atoms with Gasteiger partial charge in [0.1, 0.15) is 5.82 Å². The van der Waals surface area contributed by atoms with Crippen molar-refractivity contribution >= 4 is 0 Å². The highest BCUT2D eigenvalue weighted by Gasteiger charge is 2.25. The normalized spacial score (nSPS) is 19.0. The Bertz CT molecular complexity index is 290. The molecule has 0 bridgehead atoms. The first kappa shape index (κ1) is 9.66. The van der Waals surface area contributed by atoms with Gasteiger partial charge in [0.15, 0.2) is 0 Å². The SMILES string of the molecule is OC(Cc1ccc(F)cc1)C1CCC1. The minimum atomic E-state index is -0.241. The van der Waals surface area contributed by atoms with Crippen molar-refractivity contribution in [1.29, 1.82) is 0 Å². The van der Waals surface area contributed by atoms with Gasteiger partial charge in [-0.3, -0.25) is 0 Å². The quantitative estimate of drug-likeness (QED) is 0.784. The number of aliphatic hydroxyl groups excluding tert-OH is 1. The van der Waals surface area contributed by atoms with Crippen LogP contribution in [-0.2, 0) is 6.42 Å². The van der Waals surface area contributed by atoms with Gasteiger partial charge in [-0.25, -0.2) is 4.39 Å². The Morgan fingerprint density at radius 3 is 2.43 bits per heavy atom. The Morgan fingerprint density at radius 1 is 1.29 bits per heavy atom. The summed E-state index contributed by atoms with van der Waals surface area (Å²) in [7, 11) is 0. The van der Waals surface area contributed by atoms with Crippen molar-refractivity contribution in [2.75, 3.05) is 0 Å². The molecule has 0 saturated heterocycles. The van der Waals surface area contributed by atoms with E-state index >= 15 is 0 Å². The van der Waals surface area contributed by atoms with Gasteiger partial charge in [0.2, 0.25) is 0 Å². The van der Waals surface area contributed by atoms with Crippen LogP contribution in [0.3, 0.4) is 0 Å². The maximum atomic E-state index is 12.6. The van der Waals surface area contributed by atoms with Gasteiger partial charge in [0.05, 0.1) is 6.10 Å². The van der Waals surface area contributed by atoms with E-state index in [4.69, 9.17) is 0 Å². The molecular weight excluding hydrogens is 179 g/mol. The molecule has 0 radical (unpaired) electrons. The Morgan fingerprint density at radius 2 is 1.93 bits per heavy atom. The molecule has 0 aliphatic heterocycles. The summed E-state index contributed by atoms with van der Waals surface area (Å²) in [5, 5.41) is 9.80. The highest BCUT2D eigenvalue weighted by Crippen LogP contribution is 2.30. The summed E-state index contributed by atoms with van der Waals surface area (Å²) in [6.45, 7) is 0. The fraction of sp³-hybridized carbons (Fsp3) is 0.500. The second-order valence-electron chi connectivity index (χ2n) is 4.09. The number of aliphatic hydroxyl groups is 1. The van der Waals surface area contributed by atoms with Crippen molar-refractivity contribution < 1.29 is 9.50 Å². The molecule has 0 heterocycles. The first-order valence-electron chi connectivity index (χ1n) is 5.18. The van der Waals surface area contributed by atoms with Crippen molar-refractivity contribution in [1.82, 2.24) is 0 Å². The van der Waals surface area contributed by atoms with E-state index < -0.39 is 0 Å². The van der Waals surface area contributed by atoms with Crippen LogP contribution in [-0.4, -0.2) is 11.2 Å². The minimum Gasteiger partial charge on any atom is -0.392 e. The van der Waals surface area contributed by atoms with E-state index in [1.807, 2.05) is 0 Å². The van der Waals surface area contributed by atoms with E-state index in [0.717, 1.165) is 18.4 Å². The Balaban J connectivity index is 1.92. The molecule has 1 nitrogen and oxygen atoms in total. The van der Waals surface area contributed by atoms with Crippen molar-refractivity contribution in [3.8, 4) is 0 Å². The van der Waals surface area contributed by atoms with Crippen LogP contribution in [0.1, 0.15) is 24.8 Å². The highest BCUT2D eigenvalue weighted by atomic mass is 19.1. The summed E-state index contributed by atoms with van der Waals surface area (Å²) >= 11 is 0. The number of hydrogen-bond donors (Lipinski definition) is 1. The summed E-state index contributed by atoms with van der Waals surface area (Å²) in [6, 6.07) is 6.39. The maximum Gasteiger partial charge on any atom is 0.123 e. The molecule has 0 spiro atoms. The highest BCUT2D eigenvalue weighted by molar-refractivity contribution is 5.17. The molecule has 1 aliphatic carbocycles. The molecule has 1 aliphatic rings. The average Bonchev–Trinajstić information content (AvgIpc) is 2.06. The van der Waals surface area contributed by atoms with E-state index in [2.05, 4.69) is 0 Å². The molecule has 1 N–H and O–H groups in total. The van der Waals surface area contributed by atoms with Crippen LogP contribution in [0, 0.1) is 11.7 Å². The summed E-state index contributed by atoms with van der Waals surface area (Å²) in [6.07, 6.45) is 3.94. The van der Waals surface area contributed by atoms with E-state index in [0.29, 0.717) is 12.3 Å². The van der Waals surface area contributed by atoms with Crippen molar-refractivity contribution in [2.24, 2.45) is 5.92 Å². The lowest BCUT2D eigenvalue weighted by molar-refractivity contribution is 0.0630.